The van der Waals surface area contributed by atoms with Crippen molar-refractivity contribution < 1.29 is 4.79 Å². The number of amides is 1. The molecule has 0 aliphatic heterocycles. The Labute approximate surface area is 60.1 Å². The molecule has 0 aliphatic carbocycles. The highest BCUT2D eigenvalue weighted by molar-refractivity contribution is 5.44. The predicted octanol–water partition coefficient (Wildman–Crippen LogP) is 0.444. The summed E-state index contributed by atoms with van der Waals surface area (Å²) in [5.74, 6) is 0. The van der Waals surface area contributed by atoms with Crippen LogP contribution in [-0.2, 0) is 4.79 Å². The van der Waals surface area contributed by atoms with E-state index in [9.17, 15) is 0 Å². The maximum Gasteiger partial charge on any atom is 0.206 e. The Kier molecular flexibility index (Phi) is 6.57. The first-order chi connectivity index (χ1) is 4.91. The van der Waals surface area contributed by atoms with E-state index < -0.39 is 0 Å². The van der Waals surface area contributed by atoms with E-state index in [1.165, 1.54) is 0 Å². The third-order valence-electron chi connectivity index (χ3n) is 0.684. The third-order valence-corrected chi connectivity index (χ3v) is 0.684. The second-order valence-electron chi connectivity index (χ2n) is 1.43. The Balaban J connectivity index is 0.000000180. The van der Waals surface area contributed by atoms with Gasteiger partial charge in [-0.25, -0.2) is 0 Å². The van der Waals surface area contributed by atoms with Crippen molar-refractivity contribution >= 4 is 6.41 Å². The van der Waals surface area contributed by atoms with Crippen LogP contribution in [0, 0.1) is 0 Å². The molecule has 1 heterocycles. The molecule has 3 heteroatoms. The van der Waals surface area contributed by atoms with Gasteiger partial charge >= 0.3 is 0 Å². The van der Waals surface area contributed by atoms with Crippen molar-refractivity contribution in [2.75, 3.05) is 7.05 Å². The fourth-order valence-corrected chi connectivity index (χ4v) is 0.313. The number of rotatable bonds is 1. The van der Waals surface area contributed by atoms with Crippen molar-refractivity contribution in [1.82, 2.24) is 10.3 Å². The Morgan fingerprint density at radius 1 is 1.30 bits per heavy atom. The SMILES string of the molecule is CNC=O.c1ccncc1. The van der Waals surface area contributed by atoms with Crippen molar-refractivity contribution in [1.29, 1.82) is 0 Å². The van der Waals surface area contributed by atoms with Gasteiger partial charge < -0.3 is 5.32 Å². The molecule has 1 aromatic heterocycles. The topological polar surface area (TPSA) is 42.0 Å². The fraction of sp³-hybridized carbons (Fsp3) is 0.143. The molecule has 0 saturated carbocycles. The van der Waals surface area contributed by atoms with Crippen molar-refractivity contribution in [3.8, 4) is 0 Å². The minimum absolute atomic E-state index is 0.625. The van der Waals surface area contributed by atoms with Gasteiger partial charge in [-0.15, -0.1) is 0 Å². The Morgan fingerprint density at radius 2 is 1.80 bits per heavy atom. The minimum atomic E-state index is 0.625. The first-order valence-electron chi connectivity index (χ1n) is 2.87. The molecule has 0 fully saturated rings. The number of nitrogens with zero attached hydrogens (tertiary/aromatic N) is 1. The lowest BCUT2D eigenvalue weighted by molar-refractivity contribution is -0.109. The van der Waals surface area contributed by atoms with Crippen LogP contribution in [0.25, 0.3) is 0 Å². The van der Waals surface area contributed by atoms with Crippen molar-refractivity contribution in [2.24, 2.45) is 0 Å². The summed E-state index contributed by atoms with van der Waals surface area (Å²) in [5, 5.41) is 2.25. The number of pyridine rings is 1. The molecule has 0 radical (unpaired) electrons. The number of hydrogen-bond acceptors (Lipinski definition) is 2. The first-order valence-corrected chi connectivity index (χ1v) is 2.87. The number of nitrogens with one attached hydrogen (secondary N) is 1. The zero-order valence-electron chi connectivity index (χ0n) is 5.82. The fourth-order valence-electron chi connectivity index (χ4n) is 0.313. The van der Waals surface area contributed by atoms with Gasteiger partial charge in [-0.2, -0.15) is 0 Å². The first kappa shape index (κ1) is 8.62. The van der Waals surface area contributed by atoms with Gasteiger partial charge in [0, 0.05) is 19.4 Å². The minimum Gasteiger partial charge on any atom is -0.362 e. The molecule has 0 unspecified atom stereocenters. The van der Waals surface area contributed by atoms with Gasteiger partial charge in [0.25, 0.3) is 0 Å². The monoisotopic (exact) mass is 138 g/mol. The van der Waals surface area contributed by atoms with E-state index in [0.717, 1.165) is 0 Å². The molecule has 0 saturated heterocycles. The zero-order valence-corrected chi connectivity index (χ0v) is 5.82. The Hall–Kier alpha value is -1.38. The summed E-state index contributed by atoms with van der Waals surface area (Å²) in [6.45, 7) is 0. The van der Waals surface area contributed by atoms with E-state index in [0.29, 0.717) is 6.41 Å². The molecule has 0 spiro atoms. The lowest BCUT2D eigenvalue weighted by Crippen LogP contribution is -1.98. The smallest absolute Gasteiger partial charge is 0.206 e. The molecule has 0 atom stereocenters. The van der Waals surface area contributed by atoms with Crippen LogP contribution in [0.5, 0.6) is 0 Å². The van der Waals surface area contributed by atoms with Crippen LogP contribution in [0.4, 0.5) is 0 Å². The largest absolute Gasteiger partial charge is 0.362 e. The molecule has 1 amide bonds. The number of hydrogen-bond donors (Lipinski definition) is 1. The van der Waals surface area contributed by atoms with E-state index in [4.69, 9.17) is 4.79 Å². The lowest BCUT2D eigenvalue weighted by Gasteiger charge is -1.70. The summed E-state index contributed by atoms with van der Waals surface area (Å²) in [4.78, 5) is 12.8. The number of carbonyl (C=O) groups is 1. The highest BCUT2D eigenvalue weighted by Crippen LogP contribution is 1.73. The molecule has 0 aromatic carbocycles. The highest BCUT2D eigenvalue weighted by atomic mass is 16.1. The Bertz CT molecular complexity index is 126. The van der Waals surface area contributed by atoms with E-state index in [-0.39, 0.29) is 0 Å². The van der Waals surface area contributed by atoms with Crippen LogP contribution in [0.1, 0.15) is 0 Å². The van der Waals surface area contributed by atoms with Crippen LogP contribution in [0.15, 0.2) is 30.6 Å². The maximum absolute atomic E-state index is 9.06. The van der Waals surface area contributed by atoms with Gasteiger partial charge in [-0.3, -0.25) is 9.78 Å². The molecular formula is C7H10N2O. The Morgan fingerprint density at radius 3 is 1.90 bits per heavy atom. The average Bonchev–Trinajstić information content (AvgIpc) is 2.08. The summed E-state index contributed by atoms with van der Waals surface area (Å²) < 4.78 is 0. The molecule has 3 nitrogen and oxygen atoms in total. The molecule has 1 rings (SSSR count). The summed E-state index contributed by atoms with van der Waals surface area (Å²) >= 11 is 0. The molecular weight excluding hydrogens is 128 g/mol. The second-order valence-corrected chi connectivity index (χ2v) is 1.43. The summed E-state index contributed by atoms with van der Waals surface area (Å²) in [7, 11) is 1.56. The van der Waals surface area contributed by atoms with Crippen molar-refractivity contribution in [3.05, 3.63) is 30.6 Å². The van der Waals surface area contributed by atoms with Crippen LogP contribution < -0.4 is 5.32 Å². The number of aromatic nitrogens is 1. The van der Waals surface area contributed by atoms with Gasteiger partial charge in [0.1, 0.15) is 0 Å². The van der Waals surface area contributed by atoms with Crippen molar-refractivity contribution in [3.63, 3.8) is 0 Å². The summed E-state index contributed by atoms with van der Waals surface area (Å²) in [5.41, 5.74) is 0. The molecule has 1 N–H and O–H groups in total. The van der Waals surface area contributed by atoms with Gasteiger partial charge in [0.2, 0.25) is 6.41 Å². The van der Waals surface area contributed by atoms with Gasteiger partial charge in [-0.05, 0) is 12.1 Å². The third kappa shape index (κ3) is 6.62. The summed E-state index contributed by atoms with van der Waals surface area (Å²) in [6.07, 6.45) is 4.12. The van der Waals surface area contributed by atoms with Crippen LogP contribution in [0.3, 0.4) is 0 Å². The van der Waals surface area contributed by atoms with Crippen LogP contribution >= 0.6 is 0 Å². The van der Waals surface area contributed by atoms with E-state index in [2.05, 4.69) is 10.3 Å². The molecule has 1 aromatic rings. The average molecular weight is 138 g/mol. The molecule has 0 bridgehead atoms. The lowest BCUT2D eigenvalue weighted by atomic mass is 10.5. The van der Waals surface area contributed by atoms with E-state index >= 15 is 0 Å². The normalized spacial score (nSPS) is 6.90. The van der Waals surface area contributed by atoms with Crippen LogP contribution in [-0.4, -0.2) is 18.4 Å². The van der Waals surface area contributed by atoms with E-state index in [1.54, 1.807) is 19.4 Å². The maximum atomic E-state index is 9.06. The second kappa shape index (κ2) is 7.62. The van der Waals surface area contributed by atoms with Gasteiger partial charge in [0.05, 0.1) is 0 Å². The standard InChI is InChI=1S/C5H5N.C2H5NO/c1-2-4-6-5-3-1;1-3-2-4/h1-5H;2H,1H3,(H,3,4). The van der Waals surface area contributed by atoms with Gasteiger partial charge in [-0.1, -0.05) is 6.07 Å². The molecule has 54 valence electrons. The predicted molar refractivity (Wildman–Crippen MR) is 39.4 cm³/mol. The molecule has 10 heavy (non-hydrogen) atoms. The van der Waals surface area contributed by atoms with Crippen molar-refractivity contribution in [2.45, 2.75) is 0 Å². The van der Waals surface area contributed by atoms with E-state index in [1.807, 2.05) is 18.2 Å². The molecule has 0 aliphatic rings. The van der Waals surface area contributed by atoms with Gasteiger partial charge in [0.15, 0.2) is 0 Å². The quantitative estimate of drug-likeness (QED) is 0.572. The highest BCUT2D eigenvalue weighted by Gasteiger charge is 1.58. The number of carbonyl (C=O) groups excluding carboxylic acids is 1. The van der Waals surface area contributed by atoms with Crippen LogP contribution in [0.2, 0.25) is 0 Å². The summed E-state index contributed by atoms with van der Waals surface area (Å²) in [6, 6.07) is 5.72. The zero-order chi connectivity index (χ0) is 7.66.